The Morgan fingerprint density at radius 1 is 1.28 bits per heavy atom. The van der Waals surface area contributed by atoms with Crippen LogP contribution in [0, 0.1) is 0 Å². The third-order valence-corrected chi connectivity index (χ3v) is 4.11. The SMILES string of the molecule is CCNc1nnc(SC/C=C/c2ccccc2)s1. The summed E-state index contributed by atoms with van der Waals surface area (Å²) in [5.41, 5.74) is 1.23. The summed E-state index contributed by atoms with van der Waals surface area (Å²) in [6, 6.07) is 10.3. The van der Waals surface area contributed by atoms with Crippen molar-refractivity contribution in [3.05, 3.63) is 42.0 Å². The van der Waals surface area contributed by atoms with E-state index in [0.29, 0.717) is 0 Å². The van der Waals surface area contributed by atoms with Gasteiger partial charge in [-0.2, -0.15) is 0 Å². The zero-order valence-corrected chi connectivity index (χ0v) is 11.8. The molecule has 94 valence electrons. The van der Waals surface area contributed by atoms with Crippen LogP contribution in [0.15, 0.2) is 40.7 Å². The molecule has 1 N–H and O–H groups in total. The van der Waals surface area contributed by atoms with Gasteiger partial charge in [0, 0.05) is 12.3 Å². The van der Waals surface area contributed by atoms with Gasteiger partial charge in [-0.05, 0) is 12.5 Å². The molecule has 0 atom stereocenters. The highest BCUT2D eigenvalue weighted by Crippen LogP contribution is 2.25. The largest absolute Gasteiger partial charge is 0.360 e. The van der Waals surface area contributed by atoms with E-state index in [-0.39, 0.29) is 0 Å². The van der Waals surface area contributed by atoms with Crippen LogP contribution in [-0.4, -0.2) is 22.5 Å². The van der Waals surface area contributed by atoms with E-state index < -0.39 is 0 Å². The first kappa shape index (κ1) is 13.1. The maximum Gasteiger partial charge on any atom is 0.206 e. The maximum atomic E-state index is 4.11. The summed E-state index contributed by atoms with van der Waals surface area (Å²) in [5, 5.41) is 12.2. The van der Waals surface area contributed by atoms with Crippen LogP contribution in [0.1, 0.15) is 12.5 Å². The lowest BCUT2D eigenvalue weighted by molar-refractivity contribution is 1.00. The molecule has 0 radical (unpaired) electrons. The minimum Gasteiger partial charge on any atom is -0.360 e. The van der Waals surface area contributed by atoms with E-state index in [1.807, 2.05) is 18.2 Å². The fraction of sp³-hybridized carbons (Fsp3) is 0.231. The number of hydrogen-bond donors (Lipinski definition) is 1. The quantitative estimate of drug-likeness (QED) is 0.816. The van der Waals surface area contributed by atoms with E-state index in [9.17, 15) is 0 Å². The summed E-state index contributed by atoms with van der Waals surface area (Å²) >= 11 is 3.30. The molecular formula is C13H15N3S2. The molecule has 1 aromatic heterocycles. The lowest BCUT2D eigenvalue weighted by atomic mass is 10.2. The van der Waals surface area contributed by atoms with Crippen LogP contribution in [0.25, 0.3) is 6.08 Å². The van der Waals surface area contributed by atoms with Gasteiger partial charge in [-0.3, -0.25) is 0 Å². The van der Waals surface area contributed by atoms with Crippen LogP contribution in [-0.2, 0) is 0 Å². The predicted octanol–water partition coefficient (Wildman–Crippen LogP) is 3.78. The molecule has 0 aliphatic rings. The van der Waals surface area contributed by atoms with Gasteiger partial charge in [-0.1, -0.05) is 65.6 Å². The van der Waals surface area contributed by atoms with Crippen molar-refractivity contribution >= 4 is 34.3 Å². The van der Waals surface area contributed by atoms with E-state index in [4.69, 9.17) is 0 Å². The molecule has 1 heterocycles. The summed E-state index contributed by atoms with van der Waals surface area (Å²) in [4.78, 5) is 0. The third kappa shape index (κ3) is 4.16. The Hall–Kier alpha value is -1.33. The highest BCUT2D eigenvalue weighted by Gasteiger charge is 2.01. The molecule has 0 fully saturated rings. The van der Waals surface area contributed by atoms with E-state index >= 15 is 0 Å². The van der Waals surface area contributed by atoms with E-state index in [1.165, 1.54) is 5.56 Å². The number of thioether (sulfide) groups is 1. The number of aromatic nitrogens is 2. The minimum absolute atomic E-state index is 0.882. The van der Waals surface area contributed by atoms with Crippen molar-refractivity contribution in [2.45, 2.75) is 11.3 Å². The second-order valence-electron chi connectivity index (χ2n) is 3.53. The van der Waals surface area contributed by atoms with Gasteiger partial charge in [0.25, 0.3) is 0 Å². The number of hydrogen-bond acceptors (Lipinski definition) is 5. The van der Waals surface area contributed by atoms with Crippen molar-refractivity contribution < 1.29 is 0 Å². The first-order valence-electron chi connectivity index (χ1n) is 5.80. The lowest BCUT2D eigenvalue weighted by Gasteiger charge is -1.92. The fourth-order valence-electron chi connectivity index (χ4n) is 1.36. The van der Waals surface area contributed by atoms with Crippen molar-refractivity contribution in [3.8, 4) is 0 Å². The molecule has 0 unspecified atom stereocenters. The van der Waals surface area contributed by atoms with Crippen LogP contribution in [0.4, 0.5) is 5.13 Å². The van der Waals surface area contributed by atoms with Gasteiger partial charge in [0.1, 0.15) is 0 Å². The van der Waals surface area contributed by atoms with E-state index in [1.54, 1.807) is 23.1 Å². The molecule has 0 saturated heterocycles. The highest BCUT2D eigenvalue weighted by atomic mass is 32.2. The minimum atomic E-state index is 0.882. The van der Waals surface area contributed by atoms with Crippen molar-refractivity contribution in [1.82, 2.24) is 10.2 Å². The highest BCUT2D eigenvalue weighted by molar-refractivity contribution is 8.01. The van der Waals surface area contributed by atoms with Gasteiger partial charge in [0.05, 0.1) is 0 Å². The monoisotopic (exact) mass is 277 g/mol. The van der Waals surface area contributed by atoms with E-state index in [0.717, 1.165) is 21.8 Å². The molecule has 0 saturated carbocycles. The Morgan fingerprint density at radius 2 is 2.11 bits per heavy atom. The first-order valence-corrected chi connectivity index (χ1v) is 7.60. The van der Waals surface area contributed by atoms with Crippen LogP contribution in [0.3, 0.4) is 0 Å². The molecule has 0 aliphatic heterocycles. The molecule has 0 spiro atoms. The maximum absolute atomic E-state index is 4.11. The molecular weight excluding hydrogens is 262 g/mol. The second-order valence-corrected chi connectivity index (χ2v) is 5.77. The molecule has 2 rings (SSSR count). The lowest BCUT2D eigenvalue weighted by Crippen LogP contribution is -1.94. The Morgan fingerprint density at radius 3 is 2.89 bits per heavy atom. The Kier molecular flexibility index (Phi) is 5.23. The normalized spacial score (nSPS) is 10.9. The van der Waals surface area contributed by atoms with Crippen LogP contribution in [0.2, 0.25) is 0 Å². The predicted molar refractivity (Wildman–Crippen MR) is 80.3 cm³/mol. The number of nitrogens with zero attached hydrogens (tertiary/aromatic N) is 2. The molecule has 5 heteroatoms. The van der Waals surface area contributed by atoms with Crippen LogP contribution >= 0.6 is 23.1 Å². The van der Waals surface area contributed by atoms with Gasteiger partial charge in [-0.15, -0.1) is 10.2 Å². The fourth-order valence-corrected chi connectivity index (χ4v) is 3.01. The van der Waals surface area contributed by atoms with Gasteiger partial charge in [0.15, 0.2) is 4.34 Å². The van der Waals surface area contributed by atoms with Crippen molar-refractivity contribution in [3.63, 3.8) is 0 Å². The number of anilines is 1. The zero-order valence-electron chi connectivity index (χ0n) is 10.2. The molecule has 0 aliphatic carbocycles. The van der Waals surface area contributed by atoms with Crippen LogP contribution < -0.4 is 5.32 Å². The average molecular weight is 277 g/mol. The van der Waals surface area contributed by atoms with E-state index in [2.05, 4.69) is 46.7 Å². The number of rotatable bonds is 6. The Balaban J connectivity index is 1.79. The molecule has 3 nitrogen and oxygen atoms in total. The van der Waals surface area contributed by atoms with Gasteiger partial charge in [0.2, 0.25) is 5.13 Å². The smallest absolute Gasteiger partial charge is 0.206 e. The van der Waals surface area contributed by atoms with Gasteiger partial charge in [-0.25, -0.2) is 0 Å². The van der Waals surface area contributed by atoms with Crippen molar-refractivity contribution in [2.75, 3.05) is 17.6 Å². The van der Waals surface area contributed by atoms with Crippen LogP contribution in [0.5, 0.6) is 0 Å². The number of benzene rings is 1. The number of nitrogens with one attached hydrogen (secondary N) is 1. The summed E-state index contributed by atoms with van der Waals surface area (Å²) in [7, 11) is 0. The Bertz CT molecular complexity index is 494. The van der Waals surface area contributed by atoms with Crippen molar-refractivity contribution in [2.24, 2.45) is 0 Å². The molecule has 1 aromatic carbocycles. The topological polar surface area (TPSA) is 37.8 Å². The van der Waals surface area contributed by atoms with Gasteiger partial charge >= 0.3 is 0 Å². The van der Waals surface area contributed by atoms with Crippen molar-refractivity contribution in [1.29, 1.82) is 0 Å². The summed E-state index contributed by atoms with van der Waals surface area (Å²) in [5.74, 6) is 0.912. The molecule has 18 heavy (non-hydrogen) atoms. The Labute approximate surface area is 115 Å². The average Bonchev–Trinajstić information content (AvgIpc) is 2.84. The molecule has 2 aromatic rings. The zero-order chi connectivity index (χ0) is 12.6. The standard InChI is InChI=1S/C13H15N3S2/c1-2-14-12-15-16-13(18-12)17-10-6-9-11-7-4-3-5-8-11/h3-9H,2,10H2,1H3,(H,14,15)/b9-6+. The summed E-state index contributed by atoms with van der Waals surface area (Å²) in [6.07, 6.45) is 4.27. The molecule has 0 bridgehead atoms. The molecule has 0 amide bonds. The van der Waals surface area contributed by atoms with Gasteiger partial charge < -0.3 is 5.32 Å². The summed E-state index contributed by atoms with van der Waals surface area (Å²) in [6.45, 7) is 2.93. The third-order valence-electron chi connectivity index (χ3n) is 2.15. The first-order chi connectivity index (χ1) is 8.88. The summed E-state index contributed by atoms with van der Waals surface area (Å²) < 4.78 is 1.00. The second kappa shape index (κ2) is 7.18.